The van der Waals surface area contributed by atoms with Gasteiger partial charge in [0.05, 0.1) is 5.02 Å². The quantitative estimate of drug-likeness (QED) is 0.908. The fourth-order valence-electron chi connectivity index (χ4n) is 2.64. The van der Waals surface area contributed by atoms with E-state index in [0.717, 1.165) is 25.7 Å². The number of nitrogens with two attached hydrogens (primary N) is 1. The van der Waals surface area contributed by atoms with Crippen LogP contribution in [0.3, 0.4) is 0 Å². The van der Waals surface area contributed by atoms with Gasteiger partial charge in [-0.05, 0) is 18.9 Å². The first-order valence-corrected chi connectivity index (χ1v) is 6.47. The third-order valence-electron chi connectivity index (χ3n) is 3.56. The molecule has 0 amide bonds. The van der Waals surface area contributed by atoms with E-state index in [2.05, 4.69) is 4.98 Å². The van der Waals surface area contributed by atoms with Crippen LogP contribution in [0.15, 0.2) is 16.5 Å². The van der Waals surface area contributed by atoms with Crippen molar-refractivity contribution in [1.29, 1.82) is 0 Å². The maximum atomic E-state index is 13.2. The Hall–Kier alpha value is -1.13. The molecule has 5 heteroatoms. The second-order valence-electron chi connectivity index (χ2n) is 5.09. The van der Waals surface area contributed by atoms with Crippen LogP contribution in [0.1, 0.15) is 31.6 Å². The number of benzene rings is 1. The summed E-state index contributed by atoms with van der Waals surface area (Å²) >= 11 is 5.92. The highest BCUT2D eigenvalue weighted by atomic mass is 35.5. The van der Waals surface area contributed by atoms with Crippen LogP contribution in [-0.2, 0) is 6.42 Å². The molecule has 2 aromatic rings. The zero-order valence-corrected chi connectivity index (χ0v) is 10.6. The van der Waals surface area contributed by atoms with Crippen molar-refractivity contribution in [3.8, 4) is 0 Å². The van der Waals surface area contributed by atoms with Crippen molar-refractivity contribution >= 4 is 22.7 Å². The normalized spacial score (nSPS) is 18.6. The van der Waals surface area contributed by atoms with E-state index < -0.39 is 5.82 Å². The molecular weight excluding hydrogens is 255 g/mol. The lowest BCUT2D eigenvalue weighted by atomic mass is 9.95. The summed E-state index contributed by atoms with van der Waals surface area (Å²) in [7, 11) is 0. The van der Waals surface area contributed by atoms with Crippen LogP contribution in [0.25, 0.3) is 11.1 Å². The van der Waals surface area contributed by atoms with Gasteiger partial charge >= 0.3 is 0 Å². The predicted octanol–water partition coefficient (Wildman–Crippen LogP) is 3.43. The summed E-state index contributed by atoms with van der Waals surface area (Å²) in [4.78, 5) is 4.27. The van der Waals surface area contributed by atoms with Crippen molar-refractivity contribution in [1.82, 2.24) is 4.98 Å². The first-order valence-electron chi connectivity index (χ1n) is 6.09. The summed E-state index contributed by atoms with van der Waals surface area (Å²) < 4.78 is 18.8. The average Bonchev–Trinajstić information content (AvgIpc) is 2.85. The standard InChI is InChI=1S/C13H14ClFN2O/c14-9-5-8(15)6-10-12(9)18-11(17-10)7-13(16)3-1-2-4-13/h5-6H,1-4,7,16H2. The fraction of sp³-hybridized carbons (Fsp3) is 0.462. The van der Waals surface area contributed by atoms with E-state index in [1.54, 1.807) is 0 Å². The summed E-state index contributed by atoms with van der Waals surface area (Å²) in [6.45, 7) is 0. The second kappa shape index (κ2) is 4.21. The molecular formula is C13H14ClFN2O. The van der Waals surface area contributed by atoms with Crippen LogP contribution < -0.4 is 5.73 Å². The van der Waals surface area contributed by atoms with Gasteiger partial charge in [0.2, 0.25) is 0 Å². The van der Waals surface area contributed by atoms with E-state index in [-0.39, 0.29) is 10.6 Å². The molecule has 0 saturated heterocycles. The number of rotatable bonds is 2. The number of oxazole rings is 1. The maximum Gasteiger partial charge on any atom is 0.197 e. The van der Waals surface area contributed by atoms with Crippen LogP contribution in [0, 0.1) is 5.82 Å². The number of hydrogen-bond donors (Lipinski definition) is 1. The van der Waals surface area contributed by atoms with Crippen LogP contribution >= 0.6 is 11.6 Å². The second-order valence-corrected chi connectivity index (χ2v) is 5.50. The van der Waals surface area contributed by atoms with Gasteiger partial charge in [0.25, 0.3) is 0 Å². The van der Waals surface area contributed by atoms with Crippen molar-refractivity contribution in [2.75, 3.05) is 0 Å². The number of fused-ring (bicyclic) bond motifs is 1. The summed E-state index contributed by atoms with van der Waals surface area (Å²) in [6, 6.07) is 2.55. The van der Waals surface area contributed by atoms with Crippen LogP contribution in [0.4, 0.5) is 4.39 Å². The molecule has 1 saturated carbocycles. The van der Waals surface area contributed by atoms with Gasteiger partial charge in [-0.15, -0.1) is 0 Å². The van der Waals surface area contributed by atoms with Gasteiger partial charge in [-0.3, -0.25) is 0 Å². The fourth-order valence-corrected chi connectivity index (χ4v) is 2.88. The van der Waals surface area contributed by atoms with Gasteiger partial charge in [0.15, 0.2) is 11.5 Å². The van der Waals surface area contributed by atoms with Gasteiger partial charge < -0.3 is 10.2 Å². The Labute approximate surface area is 109 Å². The molecule has 3 nitrogen and oxygen atoms in total. The van der Waals surface area contributed by atoms with E-state index in [1.807, 2.05) is 0 Å². The molecule has 0 atom stereocenters. The molecule has 1 aromatic heterocycles. The third-order valence-corrected chi connectivity index (χ3v) is 3.84. The largest absolute Gasteiger partial charge is 0.439 e. The lowest BCUT2D eigenvalue weighted by Crippen LogP contribution is -2.38. The van der Waals surface area contributed by atoms with Gasteiger partial charge in [-0.2, -0.15) is 0 Å². The topological polar surface area (TPSA) is 52.0 Å². The highest BCUT2D eigenvalue weighted by Gasteiger charge is 2.31. The summed E-state index contributed by atoms with van der Waals surface area (Å²) in [5.41, 5.74) is 6.94. The summed E-state index contributed by atoms with van der Waals surface area (Å²) in [5, 5.41) is 0.251. The minimum absolute atomic E-state index is 0.230. The first kappa shape index (κ1) is 11.9. The average molecular weight is 269 g/mol. The van der Waals surface area contributed by atoms with Gasteiger partial charge in [0.1, 0.15) is 11.3 Å². The van der Waals surface area contributed by atoms with Crippen LogP contribution in [0.2, 0.25) is 5.02 Å². The van der Waals surface area contributed by atoms with E-state index >= 15 is 0 Å². The van der Waals surface area contributed by atoms with E-state index in [0.29, 0.717) is 23.4 Å². The highest BCUT2D eigenvalue weighted by molar-refractivity contribution is 6.34. The number of nitrogens with zero attached hydrogens (tertiary/aromatic N) is 1. The van der Waals surface area contributed by atoms with Crippen LogP contribution in [0.5, 0.6) is 0 Å². The van der Waals surface area contributed by atoms with Crippen molar-refractivity contribution in [2.24, 2.45) is 5.73 Å². The molecule has 0 spiro atoms. The summed E-state index contributed by atoms with van der Waals surface area (Å²) in [5.74, 6) is 0.137. The Morgan fingerprint density at radius 2 is 2.11 bits per heavy atom. The van der Waals surface area contributed by atoms with Gasteiger partial charge in [-0.25, -0.2) is 9.37 Å². The molecule has 2 N–H and O–H groups in total. The van der Waals surface area contributed by atoms with Gasteiger partial charge in [0, 0.05) is 18.0 Å². The minimum Gasteiger partial charge on any atom is -0.439 e. The Morgan fingerprint density at radius 1 is 1.39 bits per heavy atom. The molecule has 1 aromatic carbocycles. The van der Waals surface area contributed by atoms with Crippen molar-refractivity contribution in [3.63, 3.8) is 0 Å². The number of hydrogen-bond acceptors (Lipinski definition) is 3. The van der Waals surface area contributed by atoms with E-state index in [1.165, 1.54) is 12.1 Å². The monoisotopic (exact) mass is 268 g/mol. The Balaban J connectivity index is 1.96. The molecule has 0 radical (unpaired) electrons. The third kappa shape index (κ3) is 2.10. The van der Waals surface area contributed by atoms with E-state index in [4.69, 9.17) is 21.8 Å². The molecule has 1 fully saturated rings. The number of halogens is 2. The molecule has 0 unspecified atom stereocenters. The van der Waals surface area contributed by atoms with E-state index in [9.17, 15) is 4.39 Å². The predicted molar refractivity (Wildman–Crippen MR) is 68.1 cm³/mol. The number of aromatic nitrogens is 1. The van der Waals surface area contributed by atoms with Crippen molar-refractivity contribution < 1.29 is 8.81 Å². The van der Waals surface area contributed by atoms with Crippen molar-refractivity contribution in [3.05, 3.63) is 28.9 Å². The Kier molecular flexibility index (Phi) is 2.79. The summed E-state index contributed by atoms with van der Waals surface area (Å²) in [6.07, 6.45) is 4.83. The minimum atomic E-state index is -0.407. The first-order chi connectivity index (χ1) is 8.56. The highest BCUT2D eigenvalue weighted by Crippen LogP contribution is 2.32. The molecule has 18 heavy (non-hydrogen) atoms. The maximum absolute atomic E-state index is 13.2. The van der Waals surface area contributed by atoms with Crippen molar-refractivity contribution in [2.45, 2.75) is 37.6 Å². The van der Waals surface area contributed by atoms with Crippen LogP contribution in [-0.4, -0.2) is 10.5 Å². The molecule has 0 aliphatic heterocycles. The zero-order chi connectivity index (χ0) is 12.8. The lowest BCUT2D eigenvalue weighted by Gasteiger charge is -2.20. The smallest absolute Gasteiger partial charge is 0.197 e. The Morgan fingerprint density at radius 3 is 2.83 bits per heavy atom. The van der Waals surface area contributed by atoms with Gasteiger partial charge in [-0.1, -0.05) is 24.4 Å². The molecule has 96 valence electrons. The SMILES string of the molecule is NC1(Cc2nc3cc(F)cc(Cl)c3o2)CCCC1. The lowest BCUT2D eigenvalue weighted by molar-refractivity contribution is 0.385. The zero-order valence-electron chi connectivity index (χ0n) is 9.88. The molecule has 1 heterocycles. The molecule has 1 aliphatic carbocycles. The molecule has 0 bridgehead atoms. The molecule has 1 aliphatic rings. The Bertz CT molecular complexity index is 590. The molecule has 3 rings (SSSR count).